The highest BCUT2D eigenvalue weighted by Crippen LogP contribution is 2.20. The minimum atomic E-state index is -0.689. The van der Waals surface area contributed by atoms with Gasteiger partial charge < -0.3 is 15.0 Å². The van der Waals surface area contributed by atoms with Crippen molar-refractivity contribution in [3.8, 4) is 5.75 Å². The second kappa shape index (κ2) is 8.23. The molecule has 2 N–H and O–H groups in total. The molecule has 0 aliphatic carbocycles. The van der Waals surface area contributed by atoms with Gasteiger partial charge in [-0.2, -0.15) is 0 Å². The Morgan fingerprint density at radius 2 is 1.60 bits per heavy atom. The van der Waals surface area contributed by atoms with Gasteiger partial charge in [-0.25, -0.2) is 4.79 Å². The third kappa shape index (κ3) is 4.09. The van der Waals surface area contributed by atoms with E-state index in [1.807, 2.05) is 0 Å². The molecule has 0 bridgehead atoms. The summed E-state index contributed by atoms with van der Waals surface area (Å²) < 4.78 is 5.33. The molecular formula is C23H15ClN2O4. The largest absolute Gasteiger partial charge is 0.422 e. The maximum Gasteiger partial charge on any atom is 0.360 e. The van der Waals surface area contributed by atoms with Crippen molar-refractivity contribution in [2.45, 2.75) is 0 Å². The Hall–Kier alpha value is -3.90. The van der Waals surface area contributed by atoms with Crippen LogP contribution in [-0.2, 0) is 0 Å². The quantitative estimate of drug-likeness (QED) is 0.373. The van der Waals surface area contributed by atoms with Gasteiger partial charge in [-0.05, 0) is 53.9 Å². The van der Waals surface area contributed by atoms with Crippen LogP contribution in [0.5, 0.6) is 5.75 Å². The lowest BCUT2D eigenvalue weighted by Gasteiger charge is -2.08. The van der Waals surface area contributed by atoms with Gasteiger partial charge in [0.15, 0.2) is 0 Å². The zero-order valence-electron chi connectivity index (χ0n) is 15.5. The fourth-order valence-electron chi connectivity index (χ4n) is 2.93. The van der Waals surface area contributed by atoms with E-state index in [0.717, 1.165) is 0 Å². The van der Waals surface area contributed by atoms with Crippen LogP contribution in [0.3, 0.4) is 0 Å². The Balaban J connectivity index is 1.47. The first-order chi connectivity index (χ1) is 14.5. The predicted molar refractivity (Wildman–Crippen MR) is 115 cm³/mol. The second-order valence-electron chi connectivity index (χ2n) is 6.45. The van der Waals surface area contributed by atoms with E-state index in [9.17, 15) is 14.4 Å². The Bertz CT molecular complexity index is 1310. The molecule has 4 rings (SSSR count). The molecule has 7 heteroatoms. The number of anilines is 1. The van der Waals surface area contributed by atoms with E-state index >= 15 is 0 Å². The Kier molecular flexibility index (Phi) is 5.32. The van der Waals surface area contributed by atoms with Crippen LogP contribution in [0.2, 0.25) is 5.02 Å². The zero-order chi connectivity index (χ0) is 21.1. The van der Waals surface area contributed by atoms with Crippen molar-refractivity contribution in [1.82, 2.24) is 4.98 Å². The molecule has 30 heavy (non-hydrogen) atoms. The van der Waals surface area contributed by atoms with Gasteiger partial charge in [0.05, 0.1) is 10.6 Å². The van der Waals surface area contributed by atoms with Gasteiger partial charge in [0.25, 0.3) is 11.5 Å². The number of aromatic nitrogens is 1. The number of rotatable bonds is 4. The van der Waals surface area contributed by atoms with Crippen molar-refractivity contribution in [2.24, 2.45) is 0 Å². The van der Waals surface area contributed by atoms with Crippen LogP contribution < -0.4 is 15.6 Å². The van der Waals surface area contributed by atoms with Gasteiger partial charge in [-0.15, -0.1) is 0 Å². The van der Waals surface area contributed by atoms with Crippen LogP contribution in [-0.4, -0.2) is 16.9 Å². The molecular weight excluding hydrogens is 404 g/mol. The van der Waals surface area contributed by atoms with Crippen molar-refractivity contribution in [2.75, 3.05) is 5.32 Å². The fraction of sp³-hybridized carbons (Fsp3) is 0. The highest BCUT2D eigenvalue weighted by atomic mass is 35.5. The number of pyridine rings is 1. The molecule has 3 aromatic carbocycles. The Morgan fingerprint density at radius 3 is 2.37 bits per heavy atom. The highest BCUT2D eigenvalue weighted by Gasteiger charge is 2.13. The lowest BCUT2D eigenvalue weighted by atomic mass is 10.1. The van der Waals surface area contributed by atoms with Gasteiger partial charge in [0.1, 0.15) is 11.4 Å². The summed E-state index contributed by atoms with van der Waals surface area (Å²) in [5.74, 6) is -0.769. The summed E-state index contributed by atoms with van der Waals surface area (Å²) in [6.45, 7) is 0. The average molecular weight is 419 g/mol. The molecule has 0 unspecified atom stereocenters. The number of H-pyrrole nitrogens is 1. The van der Waals surface area contributed by atoms with E-state index in [0.29, 0.717) is 27.0 Å². The number of hydrogen-bond donors (Lipinski definition) is 2. The number of carbonyl (C=O) groups is 2. The standard InChI is InChI=1S/C23H15ClN2O4/c24-19-8-4-3-7-18(19)22(28)25-15-9-11-16(12-10-15)30-23(29)20-13-14-5-1-2-6-17(14)21(27)26-20/h1-13H,(H,25,28)(H,26,27). The molecule has 0 radical (unpaired) electrons. The zero-order valence-corrected chi connectivity index (χ0v) is 16.3. The van der Waals surface area contributed by atoms with Gasteiger partial charge in [-0.1, -0.05) is 41.9 Å². The summed E-state index contributed by atoms with van der Waals surface area (Å²) in [6, 6.07) is 21.5. The van der Waals surface area contributed by atoms with Crippen molar-refractivity contribution >= 4 is 39.9 Å². The summed E-state index contributed by atoms with van der Waals surface area (Å²) in [7, 11) is 0. The summed E-state index contributed by atoms with van der Waals surface area (Å²) >= 11 is 6.03. The molecule has 0 aliphatic rings. The molecule has 0 spiro atoms. The third-order valence-electron chi connectivity index (χ3n) is 4.41. The maximum absolute atomic E-state index is 12.4. The number of hydrogen-bond acceptors (Lipinski definition) is 4. The molecule has 0 atom stereocenters. The first kappa shape index (κ1) is 19.4. The van der Waals surface area contributed by atoms with Crippen LogP contribution in [0.25, 0.3) is 10.8 Å². The van der Waals surface area contributed by atoms with Crippen LogP contribution in [0.4, 0.5) is 5.69 Å². The summed E-state index contributed by atoms with van der Waals surface area (Å²) in [5, 5.41) is 4.22. The number of amides is 1. The number of benzene rings is 3. The van der Waals surface area contributed by atoms with E-state index in [4.69, 9.17) is 16.3 Å². The summed E-state index contributed by atoms with van der Waals surface area (Å²) in [6.07, 6.45) is 0. The first-order valence-corrected chi connectivity index (χ1v) is 9.39. The van der Waals surface area contributed by atoms with Gasteiger partial charge in [-0.3, -0.25) is 9.59 Å². The van der Waals surface area contributed by atoms with Crippen LogP contribution in [0, 0.1) is 0 Å². The molecule has 1 aromatic heterocycles. The minimum Gasteiger partial charge on any atom is -0.422 e. The molecule has 0 saturated carbocycles. The molecule has 148 valence electrons. The fourth-order valence-corrected chi connectivity index (χ4v) is 3.15. The number of fused-ring (bicyclic) bond motifs is 1. The van der Waals surface area contributed by atoms with E-state index < -0.39 is 5.97 Å². The highest BCUT2D eigenvalue weighted by molar-refractivity contribution is 6.34. The van der Waals surface area contributed by atoms with Gasteiger partial charge in [0.2, 0.25) is 0 Å². The van der Waals surface area contributed by atoms with E-state index in [-0.39, 0.29) is 22.9 Å². The lowest BCUT2D eigenvalue weighted by molar-refractivity contribution is 0.0728. The molecule has 0 fully saturated rings. The summed E-state index contributed by atoms with van der Waals surface area (Å²) in [5.41, 5.74) is 0.557. The second-order valence-corrected chi connectivity index (χ2v) is 6.85. The topological polar surface area (TPSA) is 88.3 Å². The van der Waals surface area contributed by atoms with Crippen LogP contribution >= 0.6 is 11.6 Å². The smallest absolute Gasteiger partial charge is 0.360 e. The lowest BCUT2D eigenvalue weighted by Crippen LogP contribution is -2.17. The SMILES string of the molecule is O=C(Oc1ccc(NC(=O)c2ccccc2Cl)cc1)c1cc2ccccc2c(=O)[nH]1. The average Bonchev–Trinajstić information content (AvgIpc) is 2.75. The van der Waals surface area contributed by atoms with Crippen molar-refractivity contribution in [3.63, 3.8) is 0 Å². The van der Waals surface area contributed by atoms with Crippen LogP contribution in [0.15, 0.2) is 83.7 Å². The maximum atomic E-state index is 12.4. The predicted octanol–water partition coefficient (Wildman–Crippen LogP) is 4.65. The van der Waals surface area contributed by atoms with E-state index in [1.165, 1.54) is 0 Å². The Labute approximate surface area is 176 Å². The first-order valence-electron chi connectivity index (χ1n) is 9.01. The number of nitrogens with one attached hydrogen (secondary N) is 2. The number of esters is 1. The van der Waals surface area contributed by atoms with Gasteiger partial charge in [0, 0.05) is 11.1 Å². The van der Waals surface area contributed by atoms with Crippen molar-refractivity contribution in [1.29, 1.82) is 0 Å². The molecule has 1 heterocycles. The minimum absolute atomic E-state index is 0.0507. The van der Waals surface area contributed by atoms with Gasteiger partial charge >= 0.3 is 5.97 Å². The molecule has 1 amide bonds. The van der Waals surface area contributed by atoms with Crippen molar-refractivity contribution < 1.29 is 14.3 Å². The Morgan fingerprint density at radius 1 is 0.900 bits per heavy atom. The number of halogens is 1. The van der Waals surface area contributed by atoms with Crippen LogP contribution in [0.1, 0.15) is 20.8 Å². The molecule has 0 saturated heterocycles. The monoisotopic (exact) mass is 418 g/mol. The molecule has 4 aromatic rings. The third-order valence-corrected chi connectivity index (χ3v) is 4.74. The van der Waals surface area contributed by atoms with Crippen molar-refractivity contribution in [3.05, 3.63) is 105 Å². The number of ether oxygens (including phenoxy) is 1. The summed E-state index contributed by atoms with van der Waals surface area (Å²) in [4.78, 5) is 39.4. The normalized spacial score (nSPS) is 10.6. The molecule has 0 aliphatic heterocycles. The number of carbonyl (C=O) groups excluding carboxylic acids is 2. The van der Waals surface area contributed by atoms with E-state index in [1.54, 1.807) is 78.9 Å². The number of aromatic amines is 1. The van der Waals surface area contributed by atoms with E-state index in [2.05, 4.69) is 10.3 Å². The molecule has 6 nitrogen and oxygen atoms in total.